The van der Waals surface area contributed by atoms with Crippen molar-refractivity contribution in [3.63, 3.8) is 0 Å². The first-order chi connectivity index (χ1) is 7.90. The molecule has 0 saturated heterocycles. The molecule has 1 N–H and O–H groups in total. The lowest BCUT2D eigenvalue weighted by atomic mass is 10.2. The maximum absolute atomic E-state index is 11.2. The van der Waals surface area contributed by atoms with Gasteiger partial charge in [-0.15, -0.1) is 0 Å². The van der Waals surface area contributed by atoms with Crippen molar-refractivity contribution in [2.75, 3.05) is 0 Å². The van der Waals surface area contributed by atoms with Crippen LogP contribution in [0.1, 0.15) is 6.42 Å². The number of aliphatic carboxylic acids is 1. The number of hydrogen-bond donors (Lipinski definition) is 1. The van der Waals surface area contributed by atoms with Gasteiger partial charge in [-0.3, -0.25) is 0 Å². The van der Waals surface area contributed by atoms with Gasteiger partial charge in [0.15, 0.2) is 0 Å². The summed E-state index contributed by atoms with van der Waals surface area (Å²) in [5.41, 5.74) is -0.333. The van der Waals surface area contributed by atoms with Gasteiger partial charge in [-0.05, 0) is 0 Å². The van der Waals surface area contributed by atoms with E-state index in [0.717, 1.165) is 0 Å². The molecular weight excluding hydrogens is 236 g/mol. The van der Waals surface area contributed by atoms with Crippen molar-refractivity contribution in [3.8, 4) is 0 Å². The molecule has 0 unspecified atom stereocenters. The van der Waals surface area contributed by atoms with Gasteiger partial charge in [0.25, 0.3) is 0 Å². The molecule has 0 saturated carbocycles. The van der Waals surface area contributed by atoms with Crippen molar-refractivity contribution in [2.45, 2.75) is 6.42 Å². The van der Waals surface area contributed by atoms with Crippen LogP contribution in [0.4, 0.5) is 0 Å². The average molecular weight is 242 g/mol. The molecule has 1 aliphatic rings. The van der Waals surface area contributed by atoms with E-state index in [1.165, 1.54) is 0 Å². The van der Waals surface area contributed by atoms with Crippen LogP contribution < -0.4 is 0 Å². The molecule has 0 aromatic rings. The van der Waals surface area contributed by atoms with Gasteiger partial charge in [-0.25, -0.2) is 29.0 Å². The van der Waals surface area contributed by atoms with Crippen molar-refractivity contribution < 1.29 is 38.8 Å². The molecule has 0 aromatic carbocycles. The summed E-state index contributed by atoms with van der Waals surface area (Å²) >= 11 is 0. The Morgan fingerprint density at radius 3 is 2.53 bits per heavy atom. The second kappa shape index (κ2) is 4.92. The SMILES string of the molecule is C=C1CC(=O)OOC(=O)/C=C(/C(=O)O)OC1=O. The zero-order valence-electron chi connectivity index (χ0n) is 8.30. The molecule has 0 fully saturated rings. The van der Waals surface area contributed by atoms with Crippen molar-refractivity contribution in [1.29, 1.82) is 0 Å². The van der Waals surface area contributed by atoms with Gasteiger partial charge in [0.05, 0.1) is 12.5 Å². The molecule has 0 spiro atoms. The summed E-state index contributed by atoms with van der Waals surface area (Å²) in [6.07, 6.45) is -0.231. The predicted molar refractivity (Wildman–Crippen MR) is 47.8 cm³/mol. The van der Waals surface area contributed by atoms with Crippen molar-refractivity contribution in [1.82, 2.24) is 0 Å². The zero-order chi connectivity index (χ0) is 13.0. The lowest BCUT2D eigenvalue weighted by Crippen LogP contribution is -2.20. The summed E-state index contributed by atoms with van der Waals surface area (Å²) in [6.45, 7) is 3.20. The maximum Gasteiger partial charge on any atom is 0.383 e. The second-order valence-electron chi connectivity index (χ2n) is 2.84. The summed E-state index contributed by atoms with van der Waals surface area (Å²) in [5.74, 6) is -6.09. The lowest BCUT2D eigenvalue weighted by molar-refractivity contribution is -0.254. The first-order valence-corrected chi connectivity index (χ1v) is 4.16. The van der Waals surface area contributed by atoms with Gasteiger partial charge in [0.1, 0.15) is 0 Å². The van der Waals surface area contributed by atoms with Crippen LogP contribution in [0.2, 0.25) is 0 Å². The maximum atomic E-state index is 11.2. The van der Waals surface area contributed by atoms with E-state index in [1.807, 2.05) is 0 Å². The second-order valence-corrected chi connectivity index (χ2v) is 2.84. The van der Waals surface area contributed by atoms with Gasteiger partial charge in [0.2, 0.25) is 5.76 Å². The average Bonchev–Trinajstić information content (AvgIpc) is 2.24. The van der Waals surface area contributed by atoms with E-state index in [2.05, 4.69) is 21.1 Å². The van der Waals surface area contributed by atoms with Crippen LogP contribution in [0.5, 0.6) is 0 Å². The summed E-state index contributed by atoms with van der Waals surface area (Å²) in [6, 6.07) is 0. The van der Waals surface area contributed by atoms with Crippen LogP contribution in [-0.2, 0) is 33.7 Å². The highest BCUT2D eigenvalue weighted by Crippen LogP contribution is 2.10. The summed E-state index contributed by atoms with van der Waals surface area (Å²) in [4.78, 5) is 51.5. The number of ether oxygens (including phenoxy) is 1. The highest BCUT2D eigenvalue weighted by atomic mass is 17.2. The highest BCUT2D eigenvalue weighted by molar-refractivity contribution is 6.00. The quantitative estimate of drug-likeness (QED) is 0.370. The van der Waals surface area contributed by atoms with Gasteiger partial charge in [-0.1, -0.05) is 6.58 Å². The number of carboxylic acid groups (broad SMARTS) is 1. The molecule has 1 heterocycles. The molecule has 8 heteroatoms. The Labute approximate surface area is 94.0 Å². The third kappa shape index (κ3) is 3.45. The Morgan fingerprint density at radius 2 is 1.94 bits per heavy atom. The van der Waals surface area contributed by atoms with E-state index >= 15 is 0 Å². The third-order valence-electron chi connectivity index (χ3n) is 1.53. The third-order valence-corrected chi connectivity index (χ3v) is 1.53. The fraction of sp³-hybridized carbons (Fsp3) is 0.111. The molecule has 90 valence electrons. The topological polar surface area (TPSA) is 116 Å². The van der Waals surface area contributed by atoms with E-state index in [1.54, 1.807) is 0 Å². The number of carbonyl (C=O) groups is 4. The van der Waals surface area contributed by atoms with E-state index < -0.39 is 36.1 Å². The zero-order valence-corrected chi connectivity index (χ0v) is 8.30. The van der Waals surface area contributed by atoms with E-state index in [4.69, 9.17) is 5.11 Å². The van der Waals surface area contributed by atoms with Crippen LogP contribution in [0, 0.1) is 0 Å². The predicted octanol–water partition coefficient (Wildman–Crippen LogP) is -0.541. The highest BCUT2D eigenvalue weighted by Gasteiger charge is 2.23. The van der Waals surface area contributed by atoms with Crippen LogP contribution in [0.15, 0.2) is 24.0 Å². The van der Waals surface area contributed by atoms with E-state index in [-0.39, 0.29) is 5.57 Å². The first kappa shape index (κ1) is 12.4. The molecular formula is C9H6O8. The molecule has 0 bridgehead atoms. The minimum Gasteiger partial charge on any atom is -0.475 e. The lowest BCUT2D eigenvalue weighted by Gasteiger charge is -2.08. The Morgan fingerprint density at radius 1 is 1.29 bits per heavy atom. The van der Waals surface area contributed by atoms with Crippen molar-refractivity contribution in [3.05, 3.63) is 24.0 Å². The van der Waals surface area contributed by atoms with Crippen LogP contribution in [0.25, 0.3) is 0 Å². The van der Waals surface area contributed by atoms with Crippen molar-refractivity contribution in [2.24, 2.45) is 0 Å². The van der Waals surface area contributed by atoms with Crippen LogP contribution in [0.3, 0.4) is 0 Å². The molecule has 1 aliphatic heterocycles. The molecule has 0 amide bonds. The van der Waals surface area contributed by atoms with E-state index in [0.29, 0.717) is 6.08 Å². The molecule has 0 atom stereocenters. The Balaban J connectivity index is 3.02. The molecule has 1 rings (SSSR count). The molecule has 0 aromatic heterocycles. The number of hydrogen-bond acceptors (Lipinski definition) is 7. The minimum atomic E-state index is -1.66. The number of rotatable bonds is 1. The number of carboxylic acids is 1. The van der Waals surface area contributed by atoms with Gasteiger partial charge in [-0.2, -0.15) is 0 Å². The molecule has 17 heavy (non-hydrogen) atoms. The minimum absolute atomic E-state index is 0.333. The largest absolute Gasteiger partial charge is 0.475 e. The van der Waals surface area contributed by atoms with E-state index in [9.17, 15) is 19.2 Å². The monoisotopic (exact) mass is 242 g/mol. The number of esters is 1. The van der Waals surface area contributed by atoms with Crippen LogP contribution in [-0.4, -0.2) is 29.0 Å². The number of cyclic esters (lactones) is 1. The first-order valence-electron chi connectivity index (χ1n) is 4.16. The molecule has 0 aliphatic carbocycles. The molecule has 0 radical (unpaired) electrons. The summed E-state index contributed by atoms with van der Waals surface area (Å²) in [7, 11) is 0. The smallest absolute Gasteiger partial charge is 0.383 e. The van der Waals surface area contributed by atoms with Gasteiger partial charge in [0, 0.05) is 5.57 Å². The standard InChI is InChI=1S/C9H6O8/c1-4-2-6(10)16-17-7(11)3-5(8(12)13)15-9(4)14/h3H,1-2H2,(H,12,13)/b5-3-. The van der Waals surface area contributed by atoms with Gasteiger partial charge < -0.3 is 9.84 Å². The summed E-state index contributed by atoms with van der Waals surface area (Å²) in [5, 5.41) is 8.60. The summed E-state index contributed by atoms with van der Waals surface area (Å²) < 4.78 is 4.33. The molecule has 8 nitrogen and oxygen atoms in total. The Hall–Kier alpha value is -2.64. The Kier molecular flexibility index (Phi) is 3.60. The fourth-order valence-corrected chi connectivity index (χ4v) is 0.801. The normalized spacial score (nSPS) is 20.6. The van der Waals surface area contributed by atoms with Crippen LogP contribution >= 0.6 is 0 Å². The fourth-order valence-electron chi connectivity index (χ4n) is 0.801. The number of carbonyl (C=O) groups excluding carboxylic acids is 3. The Bertz CT molecular complexity index is 444. The van der Waals surface area contributed by atoms with Crippen molar-refractivity contribution >= 4 is 23.9 Å². The van der Waals surface area contributed by atoms with Gasteiger partial charge >= 0.3 is 23.9 Å².